The summed E-state index contributed by atoms with van der Waals surface area (Å²) in [5.74, 6) is 0. The van der Waals surface area contributed by atoms with Crippen LogP contribution < -0.4 is 5.73 Å². The van der Waals surface area contributed by atoms with E-state index < -0.39 is 18.6 Å². The van der Waals surface area contributed by atoms with Gasteiger partial charge in [0.05, 0.1) is 6.42 Å². The fourth-order valence-corrected chi connectivity index (χ4v) is 2.32. The highest BCUT2D eigenvalue weighted by molar-refractivity contribution is 9.10. The Kier molecular flexibility index (Phi) is 5.43. The molecule has 0 unspecified atom stereocenters. The van der Waals surface area contributed by atoms with Crippen LogP contribution in [0.2, 0.25) is 0 Å². The van der Waals surface area contributed by atoms with Gasteiger partial charge in [-0.2, -0.15) is 13.2 Å². The maximum atomic E-state index is 11.9. The quantitative estimate of drug-likeness (QED) is 0.881. The predicted molar refractivity (Wildman–Crippen MR) is 56.9 cm³/mol. The second-order valence-electron chi connectivity index (χ2n) is 2.59. The van der Waals surface area contributed by atoms with Crippen LogP contribution in [0.15, 0.2) is 15.9 Å². The molecule has 0 aliphatic heterocycles. The van der Waals surface area contributed by atoms with E-state index in [1.54, 1.807) is 11.4 Å². The van der Waals surface area contributed by atoms with Crippen LogP contribution >= 0.6 is 39.7 Å². The number of rotatable bonds is 2. The minimum Gasteiger partial charge on any atom is -0.323 e. The van der Waals surface area contributed by atoms with Crippen molar-refractivity contribution in [3.8, 4) is 0 Å². The third kappa shape index (κ3) is 4.63. The number of hydrogen-bond acceptors (Lipinski definition) is 2. The first kappa shape index (κ1) is 14.2. The van der Waals surface area contributed by atoms with E-state index in [4.69, 9.17) is 5.73 Å². The molecule has 7 heteroatoms. The summed E-state index contributed by atoms with van der Waals surface area (Å²) in [5.41, 5.74) is 5.36. The molecule has 0 aromatic carbocycles. The van der Waals surface area contributed by atoms with Gasteiger partial charge >= 0.3 is 6.18 Å². The van der Waals surface area contributed by atoms with E-state index in [0.717, 1.165) is 4.47 Å². The van der Waals surface area contributed by atoms with Gasteiger partial charge in [0.2, 0.25) is 0 Å². The summed E-state index contributed by atoms with van der Waals surface area (Å²) in [6, 6.07) is 0.664. The first-order valence-corrected chi connectivity index (χ1v) is 5.12. The van der Waals surface area contributed by atoms with Gasteiger partial charge < -0.3 is 5.73 Å². The third-order valence-electron chi connectivity index (χ3n) is 1.40. The van der Waals surface area contributed by atoms with Crippen molar-refractivity contribution in [2.75, 3.05) is 0 Å². The number of halogens is 5. The van der Waals surface area contributed by atoms with Gasteiger partial charge in [0.15, 0.2) is 0 Å². The Morgan fingerprint density at radius 2 is 2.07 bits per heavy atom. The molecule has 0 spiro atoms. The van der Waals surface area contributed by atoms with Crippen molar-refractivity contribution in [1.82, 2.24) is 0 Å². The average Bonchev–Trinajstić information content (AvgIpc) is 2.31. The highest BCUT2D eigenvalue weighted by atomic mass is 79.9. The van der Waals surface area contributed by atoms with E-state index in [0.29, 0.717) is 4.88 Å². The lowest BCUT2D eigenvalue weighted by Gasteiger charge is -2.11. The number of hydrogen-bond donors (Lipinski definition) is 1. The van der Waals surface area contributed by atoms with Gasteiger partial charge in [-0.3, -0.25) is 0 Å². The van der Waals surface area contributed by atoms with Crippen molar-refractivity contribution in [1.29, 1.82) is 0 Å². The monoisotopic (exact) mass is 309 g/mol. The van der Waals surface area contributed by atoms with Crippen LogP contribution in [0, 0.1) is 0 Å². The fraction of sp³-hybridized carbons (Fsp3) is 0.429. The minimum absolute atomic E-state index is 0. The van der Waals surface area contributed by atoms with E-state index in [1.165, 1.54) is 11.3 Å². The minimum atomic E-state index is -4.20. The Morgan fingerprint density at radius 3 is 2.43 bits per heavy atom. The van der Waals surface area contributed by atoms with Crippen LogP contribution in [0.4, 0.5) is 13.2 Å². The summed E-state index contributed by atoms with van der Waals surface area (Å²) in [7, 11) is 0. The third-order valence-corrected chi connectivity index (χ3v) is 3.23. The molecule has 82 valence electrons. The molecule has 1 nitrogen and oxygen atoms in total. The topological polar surface area (TPSA) is 26.0 Å². The molecule has 0 amide bonds. The van der Waals surface area contributed by atoms with Crippen LogP contribution in [0.25, 0.3) is 0 Å². The summed E-state index contributed by atoms with van der Waals surface area (Å²) >= 11 is 4.38. The molecule has 0 saturated carbocycles. The fourth-order valence-electron chi connectivity index (χ4n) is 0.873. The van der Waals surface area contributed by atoms with Gasteiger partial charge in [-0.25, -0.2) is 0 Å². The molecule has 1 aromatic rings. The molecule has 1 aromatic heterocycles. The second kappa shape index (κ2) is 5.34. The zero-order valence-corrected chi connectivity index (χ0v) is 10.1. The van der Waals surface area contributed by atoms with E-state index in [2.05, 4.69) is 15.9 Å². The maximum Gasteiger partial charge on any atom is 0.390 e. The van der Waals surface area contributed by atoms with Crippen molar-refractivity contribution in [2.45, 2.75) is 18.6 Å². The summed E-state index contributed by atoms with van der Waals surface area (Å²) in [4.78, 5) is 0.546. The van der Waals surface area contributed by atoms with Crippen molar-refractivity contribution in [3.05, 3.63) is 20.8 Å². The van der Waals surface area contributed by atoms with Crippen LogP contribution in [0.3, 0.4) is 0 Å². The van der Waals surface area contributed by atoms with E-state index in [9.17, 15) is 13.2 Å². The molecule has 1 atom stereocenters. The Morgan fingerprint density at radius 1 is 1.50 bits per heavy atom. The van der Waals surface area contributed by atoms with Crippen molar-refractivity contribution in [3.63, 3.8) is 0 Å². The molecular formula is C7H8BrClF3NS. The summed E-state index contributed by atoms with van der Waals surface area (Å²) < 4.78 is 36.5. The lowest BCUT2D eigenvalue weighted by molar-refractivity contribution is -0.138. The van der Waals surface area contributed by atoms with Crippen molar-refractivity contribution >= 4 is 39.7 Å². The lowest BCUT2D eigenvalue weighted by atomic mass is 10.2. The zero-order valence-electron chi connectivity index (χ0n) is 6.84. The summed E-state index contributed by atoms with van der Waals surface area (Å²) in [6.45, 7) is 0. The van der Waals surface area contributed by atoms with E-state index >= 15 is 0 Å². The van der Waals surface area contributed by atoms with E-state index in [-0.39, 0.29) is 12.4 Å². The molecule has 2 N–H and O–H groups in total. The molecule has 0 saturated heterocycles. The van der Waals surface area contributed by atoms with Gasteiger partial charge in [0, 0.05) is 20.8 Å². The van der Waals surface area contributed by atoms with Crippen molar-refractivity contribution in [2.24, 2.45) is 5.73 Å². The van der Waals surface area contributed by atoms with Crippen LogP contribution in [0.1, 0.15) is 17.3 Å². The zero-order chi connectivity index (χ0) is 10.1. The highest BCUT2D eigenvalue weighted by Gasteiger charge is 2.31. The molecule has 1 rings (SSSR count). The molecule has 0 radical (unpaired) electrons. The first-order valence-electron chi connectivity index (χ1n) is 3.45. The van der Waals surface area contributed by atoms with E-state index in [1.807, 2.05) is 0 Å². The molecule has 14 heavy (non-hydrogen) atoms. The molecular weight excluding hydrogens is 303 g/mol. The maximum absolute atomic E-state index is 11.9. The smallest absolute Gasteiger partial charge is 0.323 e. The molecule has 1 heterocycles. The van der Waals surface area contributed by atoms with Gasteiger partial charge in [-0.1, -0.05) is 0 Å². The van der Waals surface area contributed by atoms with Gasteiger partial charge in [-0.15, -0.1) is 23.7 Å². The standard InChI is InChI=1S/C7H7BrF3NS.ClH/c8-4-1-6(13-3-4)5(12)2-7(9,10)11;/h1,3,5H,2,12H2;1H/t5-;/m1./s1. The Hall–Kier alpha value is 0.220. The molecule has 0 aliphatic carbocycles. The molecule has 0 fully saturated rings. The number of nitrogens with two attached hydrogens (primary N) is 1. The highest BCUT2D eigenvalue weighted by Crippen LogP contribution is 2.32. The Balaban J connectivity index is 0.00000169. The number of alkyl halides is 3. The molecule has 0 bridgehead atoms. The van der Waals surface area contributed by atoms with Crippen molar-refractivity contribution < 1.29 is 13.2 Å². The summed E-state index contributed by atoms with van der Waals surface area (Å²) in [5, 5.41) is 1.71. The Bertz CT molecular complexity index is 289. The summed E-state index contributed by atoms with van der Waals surface area (Å²) in [6.07, 6.45) is -5.17. The van der Waals surface area contributed by atoms with Crippen LogP contribution in [-0.4, -0.2) is 6.18 Å². The predicted octanol–water partition coefficient (Wildman–Crippen LogP) is 3.88. The normalized spacial score (nSPS) is 13.5. The largest absolute Gasteiger partial charge is 0.390 e. The van der Waals surface area contributed by atoms with Crippen LogP contribution in [0.5, 0.6) is 0 Å². The lowest BCUT2D eigenvalue weighted by Crippen LogP contribution is -2.19. The van der Waals surface area contributed by atoms with Gasteiger partial charge in [0.1, 0.15) is 0 Å². The van der Waals surface area contributed by atoms with Gasteiger partial charge in [0.25, 0.3) is 0 Å². The second-order valence-corrected chi connectivity index (χ2v) is 4.45. The molecule has 0 aliphatic rings. The number of thiophene rings is 1. The van der Waals surface area contributed by atoms with Crippen LogP contribution in [-0.2, 0) is 0 Å². The Labute approximate surface area is 98.0 Å². The first-order chi connectivity index (χ1) is 5.88. The van der Waals surface area contributed by atoms with Gasteiger partial charge in [-0.05, 0) is 22.0 Å². The SMILES string of the molecule is Cl.N[C@H](CC(F)(F)F)c1cc(Br)cs1. The average molecular weight is 311 g/mol.